The Labute approximate surface area is 186 Å². The molecule has 2 N–H and O–H groups in total. The van der Waals surface area contributed by atoms with Gasteiger partial charge in [-0.2, -0.15) is 0 Å². The third kappa shape index (κ3) is 5.38. The Balaban J connectivity index is 1.30. The second-order valence-corrected chi connectivity index (χ2v) is 10.4. The van der Waals surface area contributed by atoms with Crippen molar-refractivity contribution in [2.75, 3.05) is 55.2 Å². The van der Waals surface area contributed by atoms with Crippen LogP contribution in [0.1, 0.15) is 6.42 Å². The summed E-state index contributed by atoms with van der Waals surface area (Å²) in [7, 11) is -3.68. The van der Waals surface area contributed by atoms with Gasteiger partial charge in [-0.25, -0.2) is 17.5 Å². The van der Waals surface area contributed by atoms with Crippen molar-refractivity contribution in [2.24, 2.45) is 0 Å². The second kappa shape index (κ2) is 9.56. The molecule has 0 spiro atoms. The highest BCUT2D eigenvalue weighted by Crippen LogP contribution is 2.32. The molecule has 1 saturated heterocycles. The molecule has 0 aromatic heterocycles. The fraction of sp³-hybridized carbons (Fsp3) is 0.381. The molecule has 0 aliphatic carbocycles. The molecule has 0 unspecified atom stereocenters. The van der Waals surface area contributed by atoms with Crippen molar-refractivity contribution in [1.29, 1.82) is 0 Å². The molecular formula is C21H25FN4O3S2. The number of nitrogens with one attached hydrogen (secondary N) is 2. The number of carbonyl (C=O) groups excluding carboxylic acids is 1. The highest BCUT2D eigenvalue weighted by atomic mass is 32.2. The summed E-state index contributed by atoms with van der Waals surface area (Å²) in [6.45, 7) is 3.70. The number of para-hydroxylation sites is 1. The van der Waals surface area contributed by atoms with Gasteiger partial charge in [-0.3, -0.25) is 9.69 Å². The summed E-state index contributed by atoms with van der Waals surface area (Å²) in [5, 5.41) is 2.77. The number of anilines is 2. The van der Waals surface area contributed by atoms with Gasteiger partial charge in [0.2, 0.25) is 15.9 Å². The number of piperazine rings is 1. The summed E-state index contributed by atoms with van der Waals surface area (Å²) < 4.78 is 42.0. The number of sulfonamides is 1. The lowest BCUT2D eigenvalue weighted by Gasteiger charge is -2.36. The van der Waals surface area contributed by atoms with Crippen LogP contribution >= 0.6 is 11.8 Å². The molecule has 2 aliphatic rings. The minimum absolute atomic E-state index is 0.108. The van der Waals surface area contributed by atoms with Gasteiger partial charge in [-0.05, 0) is 30.3 Å². The fourth-order valence-corrected chi connectivity index (χ4v) is 5.69. The first-order chi connectivity index (χ1) is 14.9. The Bertz CT molecular complexity index is 1060. The number of amides is 1. The van der Waals surface area contributed by atoms with Crippen LogP contribution in [0, 0.1) is 5.82 Å². The van der Waals surface area contributed by atoms with E-state index in [1.54, 1.807) is 24.3 Å². The molecule has 2 aliphatic heterocycles. The van der Waals surface area contributed by atoms with Crippen LogP contribution in [0.2, 0.25) is 0 Å². The molecule has 2 aromatic rings. The van der Waals surface area contributed by atoms with E-state index in [0.717, 1.165) is 18.0 Å². The van der Waals surface area contributed by atoms with Gasteiger partial charge in [-0.1, -0.05) is 12.1 Å². The number of carbonyl (C=O) groups is 1. The lowest BCUT2D eigenvalue weighted by molar-refractivity contribution is -0.115. The number of benzene rings is 2. The van der Waals surface area contributed by atoms with Crippen molar-refractivity contribution in [3.8, 4) is 0 Å². The highest BCUT2D eigenvalue weighted by molar-refractivity contribution is 7.99. The summed E-state index contributed by atoms with van der Waals surface area (Å²) >= 11 is 1.54. The number of nitrogens with zero attached hydrogens (tertiary/aromatic N) is 2. The topological polar surface area (TPSA) is 81.8 Å². The number of hydrogen-bond donors (Lipinski definition) is 2. The van der Waals surface area contributed by atoms with Crippen LogP contribution in [-0.4, -0.2) is 64.2 Å². The molecule has 166 valence electrons. The molecule has 1 amide bonds. The Kier molecular flexibility index (Phi) is 6.80. The molecule has 0 atom stereocenters. The maximum Gasteiger partial charge on any atom is 0.240 e. The molecular weight excluding hydrogens is 439 g/mol. The summed E-state index contributed by atoms with van der Waals surface area (Å²) in [5.41, 5.74) is 1.15. The summed E-state index contributed by atoms with van der Waals surface area (Å²) in [6, 6.07) is 11.6. The van der Waals surface area contributed by atoms with E-state index in [2.05, 4.69) is 14.9 Å². The lowest BCUT2D eigenvalue weighted by atomic mass is 10.2. The maximum absolute atomic E-state index is 14.0. The van der Waals surface area contributed by atoms with Crippen molar-refractivity contribution < 1.29 is 17.6 Å². The fourth-order valence-electron chi connectivity index (χ4n) is 3.71. The third-order valence-corrected chi connectivity index (χ3v) is 7.94. The first kappa shape index (κ1) is 22.1. The first-order valence-corrected chi connectivity index (χ1v) is 12.7. The van der Waals surface area contributed by atoms with Gasteiger partial charge in [0.15, 0.2) is 0 Å². The molecule has 0 radical (unpaired) electrons. The average molecular weight is 465 g/mol. The van der Waals surface area contributed by atoms with Gasteiger partial charge in [0, 0.05) is 56.3 Å². The molecule has 0 saturated carbocycles. The largest absolute Gasteiger partial charge is 0.367 e. The number of fused-ring (bicyclic) bond motifs is 1. The van der Waals surface area contributed by atoms with Crippen molar-refractivity contribution in [2.45, 2.75) is 16.2 Å². The van der Waals surface area contributed by atoms with E-state index in [9.17, 15) is 17.6 Å². The van der Waals surface area contributed by atoms with Gasteiger partial charge in [-0.15, -0.1) is 11.8 Å². The minimum Gasteiger partial charge on any atom is -0.367 e. The van der Waals surface area contributed by atoms with E-state index in [0.29, 0.717) is 43.2 Å². The quantitative estimate of drug-likeness (QED) is 0.683. The normalized spacial score (nSPS) is 17.7. The SMILES string of the molecule is O=C1CCSc2ccc(S(=O)(=O)NCCN3CCN(c4ccccc4F)CC3)cc2N1. The molecule has 2 heterocycles. The predicted molar refractivity (Wildman–Crippen MR) is 121 cm³/mol. The van der Waals surface area contributed by atoms with E-state index in [1.807, 2.05) is 11.0 Å². The lowest BCUT2D eigenvalue weighted by Crippen LogP contribution is -2.48. The summed E-state index contributed by atoms with van der Waals surface area (Å²) in [5.74, 6) is 0.343. The van der Waals surface area contributed by atoms with E-state index in [-0.39, 0.29) is 23.2 Å². The molecule has 2 aromatic carbocycles. The van der Waals surface area contributed by atoms with Crippen LogP contribution in [0.4, 0.5) is 15.8 Å². The van der Waals surface area contributed by atoms with Crippen LogP contribution < -0.4 is 14.9 Å². The highest BCUT2D eigenvalue weighted by Gasteiger charge is 2.21. The Morgan fingerprint density at radius 1 is 1.10 bits per heavy atom. The monoisotopic (exact) mass is 464 g/mol. The molecule has 10 heteroatoms. The zero-order chi connectivity index (χ0) is 21.8. The minimum atomic E-state index is -3.68. The van der Waals surface area contributed by atoms with Crippen molar-refractivity contribution >= 4 is 39.1 Å². The van der Waals surface area contributed by atoms with Crippen LogP contribution in [0.25, 0.3) is 0 Å². The third-order valence-electron chi connectivity index (χ3n) is 5.41. The van der Waals surface area contributed by atoms with E-state index >= 15 is 0 Å². The van der Waals surface area contributed by atoms with Crippen molar-refractivity contribution in [3.63, 3.8) is 0 Å². The number of halogens is 1. The standard InChI is InChI=1S/C21H25FN4O3S2/c22-17-3-1-2-4-19(17)26-12-10-25(11-13-26)9-8-23-31(28,29)16-5-6-20-18(15-16)24-21(27)7-14-30-20/h1-6,15,23H,7-14H2,(H,24,27). The van der Waals surface area contributed by atoms with Crippen LogP contribution in [0.5, 0.6) is 0 Å². The summed E-state index contributed by atoms with van der Waals surface area (Å²) in [4.78, 5) is 16.9. The van der Waals surface area contributed by atoms with Crippen LogP contribution in [-0.2, 0) is 14.8 Å². The zero-order valence-electron chi connectivity index (χ0n) is 17.0. The average Bonchev–Trinajstić information content (AvgIpc) is 2.94. The van der Waals surface area contributed by atoms with Crippen molar-refractivity contribution in [3.05, 3.63) is 48.3 Å². The molecule has 4 rings (SSSR count). The Hall–Kier alpha value is -2.14. The van der Waals surface area contributed by atoms with Gasteiger partial charge < -0.3 is 10.2 Å². The molecule has 0 bridgehead atoms. The van der Waals surface area contributed by atoms with E-state index < -0.39 is 10.0 Å². The summed E-state index contributed by atoms with van der Waals surface area (Å²) in [6.07, 6.45) is 0.407. The molecule has 7 nitrogen and oxygen atoms in total. The maximum atomic E-state index is 14.0. The van der Waals surface area contributed by atoms with E-state index in [4.69, 9.17) is 0 Å². The van der Waals surface area contributed by atoms with Crippen LogP contribution in [0.15, 0.2) is 52.3 Å². The van der Waals surface area contributed by atoms with Crippen molar-refractivity contribution in [1.82, 2.24) is 9.62 Å². The van der Waals surface area contributed by atoms with Gasteiger partial charge >= 0.3 is 0 Å². The van der Waals surface area contributed by atoms with Gasteiger partial charge in [0.05, 0.1) is 16.3 Å². The predicted octanol–water partition coefficient (Wildman–Crippen LogP) is 2.36. The van der Waals surface area contributed by atoms with E-state index in [1.165, 1.54) is 23.9 Å². The molecule has 31 heavy (non-hydrogen) atoms. The molecule has 1 fully saturated rings. The zero-order valence-corrected chi connectivity index (χ0v) is 18.6. The smallest absolute Gasteiger partial charge is 0.240 e. The first-order valence-electron chi connectivity index (χ1n) is 10.2. The number of rotatable bonds is 6. The second-order valence-electron chi connectivity index (χ2n) is 7.48. The van der Waals surface area contributed by atoms with Gasteiger partial charge in [0.25, 0.3) is 0 Å². The van der Waals surface area contributed by atoms with Crippen LogP contribution in [0.3, 0.4) is 0 Å². The number of thioether (sulfide) groups is 1. The van der Waals surface area contributed by atoms with Gasteiger partial charge in [0.1, 0.15) is 5.82 Å². The Morgan fingerprint density at radius 3 is 2.65 bits per heavy atom. The number of hydrogen-bond acceptors (Lipinski definition) is 6. The Morgan fingerprint density at radius 2 is 1.87 bits per heavy atom.